The van der Waals surface area contributed by atoms with Gasteiger partial charge in [-0.2, -0.15) is 13.2 Å². The maximum absolute atomic E-state index is 14.1. The summed E-state index contributed by atoms with van der Waals surface area (Å²) in [6, 6.07) is 13.6. The molecule has 0 aromatic heterocycles. The van der Waals surface area contributed by atoms with Crippen molar-refractivity contribution >= 4 is 50.7 Å². The summed E-state index contributed by atoms with van der Waals surface area (Å²) >= 11 is 12.2. The van der Waals surface area contributed by atoms with E-state index in [2.05, 4.69) is 5.32 Å². The third-order valence-electron chi connectivity index (χ3n) is 6.55. The lowest BCUT2D eigenvalue weighted by Gasteiger charge is -2.34. The van der Waals surface area contributed by atoms with Crippen LogP contribution in [-0.4, -0.2) is 43.8 Å². The van der Waals surface area contributed by atoms with Crippen LogP contribution in [0, 0.1) is 6.92 Å². The molecule has 0 aliphatic rings. The van der Waals surface area contributed by atoms with E-state index in [1.807, 2.05) is 0 Å². The van der Waals surface area contributed by atoms with Gasteiger partial charge in [0, 0.05) is 17.6 Å². The molecule has 0 aliphatic heterocycles. The average molecular weight is 659 g/mol. The van der Waals surface area contributed by atoms with E-state index in [9.17, 15) is 31.2 Å². The fraction of sp³-hybridized carbons (Fsp3) is 0.333. The van der Waals surface area contributed by atoms with Crippen LogP contribution in [0.1, 0.15) is 43.9 Å². The van der Waals surface area contributed by atoms with Crippen molar-refractivity contribution in [1.29, 1.82) is 0 Å². The molecule has 3 aromatic rings. The van der Waals surface area contributed by atoms with Crippen molar-refractivity contribution in [2.45, 2.75) is 63.8 Å². The number of amides is 2. The molecule has 0 unspecified atom stereocenters. The van der Waals surface area contributed by atoms with Crippen LogP contribution in [0.15, 0.2) is 71.6 Å². The maximum Gasteiger partial charge on any atom is 0.417 e. The van der Waals surface area contributed by atoms with E-state index >= 15 is 0 Å². The summed E-state index contributed by atoms with van der Waals surface area (Å²) in [5, 5.41) is 2.45. The number of hydrogen-bond donors (Lipinski definition) is 1. The lowest BCUT2D eigenvalue weighted by Crippen LogP contribution is -2.53. The molecule has 0 bridgehead atoms. The number of carbonyl (C=O) groups excluding carboxylic acids is 2. The summed E-state index contributed by atoms with van der Waals surface area (Å²) < 4.78 is 69.8. The second-order valence-electron chi connectivity index (χ2n) is 10.2. The van der Waals surface area contributed by atoms with Crippen LogP contribution in [0.25, 0.3) is 0 Å². The van der Waals surface area contributed by atoms with Gasteiger partial charge in [-0.05, 0) is 69.2 Å². The van der Waals surface area contributed by atoms with Gasteiger partial charge in [-0.3, -0.25) is 13.9 Å². The number of aryl methyl sites for hydroxylation is 1. The zero-order valence-corrected chi connectivity index (χ0v) is 26.3. The first-order valence-corrected chi connectivity index (χ1v) is 15.5. The summed E-state index contributed by atoms with van der Waals surface area (Å²) in [6.07, 6.45) is -4.73. The number of benzene rings is 3. The molecule has 43 heavy (non-hydrogen) atoms. The number of nitrogens with zero attached hydrogens (tertiary/aromatic N) is 2. The van der Waals surface area contributed by atoms with Gasteiger partial charge in [0.15, 0.2) is 0 Å². The monoisotopic (exact) mass is 657 g/mol. The third kappa shape index (κ3) is 8.43. The van der Waals surface area contributed by atoms with E-state index in [1.165, 1.54) is 29.2 Å². The van der Waals surface area contributed by atoms with Crippen LogP contribution in [-0.2, 0) is 32.3 Å². The minimum absolute atomic E-state index is 0.157. The molecule has 0 heterocycles. The first-order chi connectivity index (χ1) is 20.1. The number of alkyl halides is 3. The number of carbonyl (C=O) groups is 2. The Kier molecular flexibility index (Phi) is 11.1. The molecule has 1 N–H and O–H groups in total. The summed E-state index contributed by atoms with van der Waals surface area (Å²) in [5.41, 5.74) is -0.450. The molecule has 1 atom stereocenters. The summed E-state index contributed by atoms with van der Waals surface area (Å²) in [5.74, 6) is -1.30. The zero-order chi connectivity index (χ0) is 32.1. The predicted octanol–water partition coefficient (Wildman–Crippen LogP) is 6.85. The second kappa shape index (κ2) is 14.0. The molecule has 0 aliphatic carbocycles. The molecule has 0 fully saturated rings. The second-order valence-corrected chi connectivity index (χ2v) is 12.9. The summed E-state index contributed by atoms with van der Waals surface area (Å²) in [6.45, 7) is 5.86. The SMILES string of the molecule is CC[C@@H](C(=O)NC(C)C)N(Cc1ccccc1Cl)C(=O)CN(c1ccc(Cl)c(C(F)(F)F)c1)S(=O)(=O)c1ccc(C)cc1. The van der Waals surface area contributed by atoms with Crippen molar-refractivity contribution in [3.8, 4) is 0 Å². The predicted molar refractivity (Wildman–Crippen MR) is 162 cm³/mol. The molecule has 232 valence electrons. The van der Waals surface area contributed by atoms with Gasteiger partial charge >= 0.3 is 6.18 Å². The standard InChI is InChI=1S/C30H32Cl2F3N3O4S/c1-5-27(29(40)36-19(2)3)37(17-21-8-6-7-9-25(21)31)28(39)18-38(43(41,42)23-13-10-20(4)11-14-23)22-12-15-26(32)24(16-22)30(33,34)35/h6-16,19,27H,5,17-18H2,1-4H3,(H,36,40)/t27-/m0/s1. The van der Waals surface area contributed by atoms with Crippen LogP contribution in [0.3, 0.4) is 0 Å². The average Bonchev–Trinajstić information content (AvgIpc) is 2.92. The van der Waals surface area contributed by atoms with Crippen LogP contribution < -0.4 is 9.62 Å². The van der Waals surface area contributed by atoms with Crippen molar-refractivity contribution < 1.29 is 31.2 Å². The van der Waals surface area contributed by atoms with Gasteiger partial charge < -0.3 is 10.2 Å². The number of nitrogens with one attached hydrogen (secondary N) is 1. The number of rotatable bonds is 11. The molecular weight excluding hydrogens is 626 g/mol. The number of halogens is 5. The van der Waals surface area contributed by atoms with Gasteiger partial charge in [0.05, 0.1) is 21.2 Å². The highest BCUT2D eigenvalue weighted by molar-refractivity contribution is 7.92. The quantitative estimate of drug-likeness (QED) is 0.244. The molecule has 2 amide bonds. The maximum atomic E-state index is 14.1. The molecule has 3 rings (SSSR count). The Morgan fingerprint density at radius 1 is 0.953 bits per heavy atom. The fourth-order valence-electron chi connectivity index (χ4n) is 4.36. The van der Waals surface area contributed by atoms with Crippen molar-refractivity contribution in [3.63, 3.8) is 0 Å². The van der Waals surface area contributed by atoms with E-state index in [0.29, 0.717) is 21.0 Å². The number of hydrogen-bond acceptors (Lipinski definition) is 4. The van der Waals surface area contributed by atoms with Gasteiger partial charge in [-0.15, -0.1) is 0 Å². The lowest BCUT2D eigenvalue weighted by atomic mass is 10.1. The normalized spacial score (nSPS) is 12.6. The summed E-state index contributed by atoms with van der Waals surface area (Å²) in [7, 11) is -4.58. The Morgan fingerprint density at radius 3 is 2.14 bits per heavy atom. The highest BCUT2D eigenvalue weighted by Crippen LogP contribution is 2.38. The van der Waals surface area contributed by atoms with Crippen molar-refractivity contribution in [2.24, 2.45) is 0 Å². The van der Waals surface area contributed by atoms with Crippen LogP contribution in [0.2, 0.25) is 10.0 Å². The Labute approximate surface area is 259 Å². The van der Waals surface area contributed by atoms with E-state index in [1.54, 1.807) is 52.0 Å². The van der Waals surface area contributed by atoms with E-state index in [-0.39, 0.29) is 23.9 Å². The third-order valence-corrected chi connectivity index (χ3v) is 9.03. The van der Waals surface area contributed by atoms with E-state index in [0.717, 1.165) is 17.7 Å². The molecule has 0 radical (unpaired) electrons. The van der Waals surface area contributed by atoms with Crippen molar-refractivity contribution in [1.82, 2.24) is 10.2 Å². The smallest absolute Gasteiger partial charge is 0.352 e. The van der Waals surface area contributed by atoms with Gasteiger partial charge in [0.25, 0.3) is 10.0 Å². The minimum Gasteiger partial charge on any atom is -0.352 e. The van der Waals surface area contributed by atoms with Crippen LogP contribution in [0.4, 0.5) is 18.9 Å². The lowest BCUT2D eigenvalue weighted by molar-refractivity contribution is -0.140. The van der Waals surface area contributed by atoms with Gasteiger partial charge in [0.1, 0.15) is 12.6 Å². The first-order valence-electron chi connectivity index (χ1n) is 13.4. The Bertz CT molecular complexity index is 1570. The summed E-state index contributed by atoms with van der Waals surface area (Å²) in [4.78, 5) is 28.2. The van der Waals surface area contributed by atoms with Crippen LogP contribution in [0.5, 0.6) is 0 Å². The Morgan fingerprint density at radius 2 is 1.58 bits per heavy atom. The van der Waals surface area contributed by atoms with Gasteiger partial charge in [-0.1, -0.05) is 66.0 Å². The van der Waals surface area contributed by atoms with Crippen molar-refractivity contribution in [3.05, 3.63) is 93.5 Å². The highest BCUT2D eigenvalue weighted by Gasteiger charge is 2.37. The molecule has 13 heteroatoms. The molecular formula is C30H32Cl2F3N3O4S. The zero-order valence-electron chi connectivity index (χ0n) is 24.0. The van der Waals surface area contributed by atoms with Gasteiger partial charge in [-0.25, -0.2) is 8.42 Å². The molecule has 0 saturated heterocycles. The first kappa shape index (κ1) is 34.2. The number of anilines is 1. The Hall–Kier alpha value is -3.28. The number of sulfonamides is 1. The minimum atomic E-state index is -4.89. The topological polar surface area (TPSA) is 86.8 Å². The van der Waals surface area contributed by atoms with Gasteiger partial charge in [0.2, 0.25) is 11.8 Å². The van der Waals surface area contributed by atoms with E-state index in [4.69, 9.17) is 23.2 Å². The van der Waals surface area contributed by atoms with E-state index < -0.39 is 56.9 Å². The van der Waals surface area contributed by atoms with Crippen molar-refractivity contribution in [2.75, 3.05) is 10.8 Å². The van der Waals surface area contributed by atoms with Crippen LogP contribution >= 0.6 is 23.2 Å². The largest absolute Gasteiger partial charge is 0.417 e. The Balaban J connectivity index is 2.17. The fourth-order valence-corrected chi connectivity index (χ4v) is 6.19. The molecule has 0 saturated carbocycles. The molecule has 7 nitrogen and oxygen atoms in total. The highest BCUT2D eigenvalue weighted by atomic mass is 35.5. The molecule has 3 aromatic carbocycles. The molecule has 0 spiro atoms.